The molecule has 5 aromatic rings. The zero-order chi connectivity index (χ0) is 18.5. The molecule has 0 atom stereocenters. The lowest BCUT2D eigenvalue weighted by molar-refractivity contribution is 0.622. The first-order chi connectivity index (χ1) is 13.9. The molecule has 0 radical (unpaired) electrons. The average molecular weight is 372 g/mol. The lowest BCUT2D eigenvalue weighted by Crippen LogP contribution is -2.47. The first-order valence-electron chi connectivity index (χ1n) is 9.16. The van der Waals surface area contributed by atoms with Crippen molar-refractivity contribution < 1.29 is 4.42 Å². The summed E-state index contributed by atoms with van der Waals surface area (Å²) in [4.78, 5) is 13.5. The highest BCUT2D eigenvalue weighted by Gasteiger charge is 2.23. The topological polar surface area (TPSA) is 88.5 Å². The van der Waals surface area contributed by atoms with Gasteiger partial charge in [0.25, 0.3) is 0 Å². The average Bonchev–Trinajstić information content (AvgIpc) is 3.37. The van der Waals surface area contributed by atoms with Crippen LogP contribution in [-0.2, 0) is 0 Å². The van der Waals surface area contributed by atoms with Crippen LogP contribution in [0.2, 0.25) is 0 Å². The van der Waals surface area contributed by atoms with Crippen LogP contribution in [0.3, 0.4) is 0 Å². The SMILES string of the molecule is c1ccc2c(c1)oc1c(N3CCN(c4ccc5nncn5n4)CC3)ncnc12. The van der Waals surface area contributed by atoms with Gasteiger partial charge in [0.05, 0.1) is 0 Å². The molecule has 5 heterocycles. The summed E-state index contributed by atoms with van der Waals surface area (Å²) >= 11 is 0. The van der Waals surface area contributed by atoms with Crippen LogP contribution in [0, 0.1) is 0 Å². The standard InChI is InChI=1S/C19H16N8O/c1-2-4-14-13(3-1)17-18(28-14)19(21-11-20-17)26-9-7-25(8-10-26)16-6-5-15-23-22-12-27(15)24-16/h1-6,11-12H,7-10H2. The van der Waals surface area contributed by atoms with Gasteiger partial charge in [-0.15, -0.1) is 15.3 Å². The molecule has 0 saturated carbocycles. The first kappa shape index (κ1) is 15.3. The van der Waals surface area contributed by atoms with Crippen molar-refractivity contribution in [2.24, 2.45) is 0 Å². The Morgan fingerprint density at radius 2 is 1.75 bits per heavy atom. The fourth-order valence-corrected chi connectivity index (χ4v) is 3.77. The molecule has 1 fully saturated rings. The zero-order valence-electron chi connectivity index (χ0n) is 14.9. The number of hydrogen-bond donors (Lipinski definition) is 0. The Balaban J connectivity index is 1.30. The largest absolute Gasteiger partial charge is 0.450 e. The van der Waals surface area contributed by atoms with Crippen LogP contribution in [0.4, 0.5) is 11.6 Å². The molecule has 1 aliphatic rings. The summed E-state index contributed by atoms with van der Waals surface area (Å²) in [6, 6.07) is 11.9. The number of anilines is 2. The summed E-state index contributed by atoms with van der Waals surface area (Å²) in [5.74, 6) is 1.77. The molecule has 0 amide bonds. The summed E-state index contributed by atoms with van der Waals surface area (Å²) in [5.41, 5.74) is 3.20. The predicted molar refractivity (Wildman–Crippen MR) is 105 cm³/mol. The zero-order valence-corrected chi connectivity index (χ0v) is 14.9. The van der Waals surface area contributed by atoms with Crippen molar-refractivity contribution in [1.82, 2.24) is 29.8 Å². The van der Waals surface area contributed by atoms with Gasteiger partial charge >= 0.3 is 0 Å². The second-order valence-corrected chi connectivity index (χ2v) is 6.77. The number of furan rings is 1. The number of rotatable bonds is 2. The van der Waals surface area contributed by atoms with E-state index in [1.165, 1.54) is 0 Å². The molecular formula is C19H16N8O. The predicted octanol–water partition coefficient (Wildman–Crippen LogP) is 2.14. The minimum absolute atomic E-state index is 0.746. The van der Waals surface area contributed by atoms with E-state index in [1.807, 2.05) is 36.4 Å². The van der Waals surface area contributed by atoms with Crippen LogP contribution in [-0.4, -0.2) is 56.0 Å². The summed E-state index contributed by atoms with van der Waals surface area (Å²) < 4.78 is 7.78. The Bertz CT molecular complexity index is 1300. The lowest BCUT2D eigenvalue weighted by atomic mass is 10.2. The Kier molecular flexibility index (Phi) is 3.22. The van der Waals surface area contributed by atoms with Crippen LogP contribution in [0.5, 0.6) is 0 Å². The van der Waals surface area contributed by atoms with E-state index < -0.39 is 0 Å². The Morgan fingerprint density at radius 1 is 0.893 bits per heavy atom. The molecule has 1 saturated heterocycles. The highest BCUT2D eigenvalue weighted by Crippen LogP contribution is 2.32. The van der Waals surface area contributed by atoms with Gasteiger partial charge in [0.15, 0.2) is 17.0 Å². The highest BCUT2D eigenvalue weighted by molar-refractivity contribution is 6.05. The van der Waals surface area contributed by atoms with Crippen molar-refractivity contribution in [2.75, 3.05) is 36.0 Å². The number of fused-ring (bicyclic) bond motifs is 4. The Labute approximate surface area is 159 Å². The third-order valence-corrected chi connectivity index (χ3v) is 5.19. The molecule has 138 valence electrons. The van der Waals surface area contributed by atoms with E-state index in [0.717, 1.165) is 65.5 Å². The van der Waals surface area contributed by atoms with Gasteiger partial charge < -0.3 is 14.2 Å². The van der Waals surface area contributed by atoms with Gasteiger partial charge in [-0.05, 0) is 24.3 Å². The van der Waals surface area contributed by atoms with Crippen LogP contribution in [0.1, 0.15) is 0 Å². The van der Waals surface area contributed by atoms with Gasteiger partial charge in [0.1, 0.15) is 29.6 Å². The normalized spacial score (nSPS) is 15.1. The third kappa shape index (κ3) is 2.29. The van der Waals surface area contributed by atoms with E-state index in [9.17, 15) is 0 Å². The van der Waals surface area contributed by atoms with E-state index in [-0.39, 0.29) is 0 Å². The minimum atomic E-state index is 0.746. The maximum atomic E-state index is 6.08. The van der Waals surface area contributed by atoms with E-state index in [1.54, 1.807) is 17.2 Å². The maximum Gasteiger partial charge on any atom is 0.196 e. The number of nitrogens with zero attached hydrogens (tertiary/aromatic N) is 8. The van der Waals surface area contributed by atoms with Crippen LogP contribution >= 0.6 is 0 Å². The summed E-state index contributed by atoms with van der Waals surface area (Å²) in [7, 11) is 0. The lowest BCUT2D eigenvalue weighted by Gasteiger charge is -2.35. The summed E-state index contributed by atoms with van der Waals surface area (Å²) in [6.45, 7) is 3.33. The van der Waals surface area contributed by atoms with E-state index in [2.05, 4.69) is 35.1 Å². The van der Waals surface area contributed by atoms with Gasteiger partial charge in [-0.2, -0.15) is 4.52 Å². The third-order valence-electron chi connectivity index (χ3n) is 5.19. The number of benzene rings is 1. The Morgan fingerprint density at radius 3 is 2.68 bits per heavy atom. The molecular weight excluding hydrogens is 356 g/mol. The number of piperazine rings is 1. The van der Waals surface area contributed by atoms with Crippen molar-refractivity contribution in [3.8, 4) is 0 Å². The van der Waals surface area contributed by atoms with E-state index in [4.69, 9.17) is 4.42 Å². The molecule has 1 aliphatic heterocycles. The molecule has 1 aromatic carbocycles. The van der Waals surface area contributed by atoms with Gasteiger partial charge in [-0.3, -0.25) is 0 Å². The summed E-state index contributed by atoms with van der Waals surface area (Å²) in [6.07, 6.45) is 3.24. The fraction of sp³-hybridized carbons (Fsp3) is 0.211. The van der Waals surface area contributed by atoms with Gasteiger partial charge in [0, 0.05) is 31.6 Å². The molecule has 9 heteroatoms. The molecule has 28 heavy (non-hydrogen) atoms. The minimum Gasteiger partial charge on any atom is -0.450 e. The van der Waals surface area contributed by atoms with Gasteiger partial charge in [-0.1, -0.05) is 12.1 Å². The molecule has 0 spiro atoms. The molecule has 0 N–H and O–H groups in total. The van der Waals surface area contributed by atoms with Crippen LogP contribution in [0.15, 0.2) is 53.5 Å². The van der Waals surface area contributed by atoms with Gasteiger partial charge in [-0.25, -0.2) is 9.97 Å². The molecule has 6 rings (SSSR count). The quantitative estimate of drug-likeness (QED) is 0.466. The van der Waals surface area contributed by atoms with Crippen molar-refractivity contribution in [2.45, 2.75) is 0 Å². The van der Waals surface area contributed by atoms with Crippen molar-refractivity contribution in [3.63, 3.8) is 0 Å². The number of para-hydroxylation sites is 1. The van der Waals surface area contributed by atoms with Crippen molar-refractivity contribution in [1.29, 1.82) is 0 Å². The first-order valence-corrected chi connectivity index (χ1v) is 9.16. The van der Waals surface area contributed by atoms with Crippen LogP contribution < -0.4 is 9.80 Å². The van der Waals surface area contributed by atoms with Gasteiger partial charge in [0.2, 0.25) is 0 Å². The molecule has 9 nitrogen and oxygen atoms in total. The second-order valence-electron chi connectivity index (χ2n) is 6.77. The molecule has 0 aliphatic carbocycles. The van der Waals surface area contributed by atoms with Crippen molar-refractivity contribution >= 4 is 39.4 Å². The number of aromatic nitrogens is 6. The van der Waals surface area contributed by atoms with Crippen molar-refractivity contribution in [3.05, 3.63) is 49.1 Å². The smallest absolute Gasteiger partial charge is 0.196 e. The van der Waals surface area contributed by atoms with E-state index >= 15 is 0 Å². The van der Waals surface area contributed by atoms with Crippen LogP contribution in [0.25, 0.3) is 27.7 Å². The fourth-order valence-electron chi connectivity index (χ4n) is 3.77. The molecule has 0 unspecified atom stereocenters. The Hall–Kier alpha value is -3.75. The highest BCUT2D eigenvalue weighted by atomic mass is 16.3. The monoisotopic (exact) mass is 372 g/mol. The second kappa shape index (κ2) is 5.88. The van der Waals surface area contributed by atoms with E-state index in [0.29, 0.717) is 0 Å². The molecule has 4 aromatic heterocycles. The molecule has 0 bridgehead atoms. The maximum absolute atomic E-state index is 6.08. The summed E-state index contributed by atoms with van der Waals surface area (Å²) in [5, 5.41) is 13.5. The number of hydrogen-bond acceptors (Lipinski definition) is 8.